The molecule has 0 radical (unpaired) electrons. The molecule has 1 unspecified atom stereocenters. The van der Waals surface area contributed by atoms with Crippen LogP contribution in [0.4, 0.5) is 11.4 Å². The van der Waals surface area contributed by atoms with E-state index in [4.69, 9.17) is 24.1 Å². The molecular weight excluding hydrogens is 508 g/mol. The van der Waals surface area contributed by atoms with E-state index < -0.39 is 36.4 Å². The van der Waals surface area contributed by atoms with Crippen molar-refractivity contribution in [1.29, 1.82) is 0 Å². The molecule has 0 aromatic heterocycles. The Morgan fingerprint density at radius 3 is 2.45 bits per heavy atom. The van der Waals surface area contributed by atoms with Crippen molar-refractivity contribution in [3.63, 3.8) is 0 Å². The second kappa shape index (κ2) is 8.70. The predicted molar refractivity (Wildman–Crippen MR) is 107 cm³/mol. The summed E-state index contributed by atoms with van der Waals surface area (Å²) in [5, 5.41) is 10.9. The van der Waals surface area contributed by atoms with Gasteiger partial charge in [0.05, 0.1) is 0 Å². The quantitative estimate of drug-likeness (QED) is 0.258. The zero-order valence-corrected chi connectivity index (χ0v) is 18.6. The number of para-hydroxylation sites is 1. The monoisotopic (exact) mass is 524 g/mol. The van der Waals surface area contributed by atoms with E-state index in [2.05, 4.69) is 0 Å². The summed E-state index contributed by atoms with van der Waals surface area (Å²) in [4.78, 5) is 37.6. The van der Waals surface area contributed by atoms with Gasteiger partial charge < -0.3 is 0 Å². The number of hydrogen-bond donors (Lipinski definition) is 0. The molecular formula is C19H16Cl2N2O5Ru. The molecule has 3 rings (SSSR count). The fourth-order valence-corrected chi connectivity index (χ4v) is 4.71. The van der Waals surface area contributed by atoms with Crippen molar-refractivity contribution in [1.82, 2.24) is 0 Å². The third-order valence-corrected chi connectivity index (χ3v) is 6.13. The summed E-state index contributed by atoms with van der Waals surface area (Å²) in [5.41, 5.74) is 0.905. The molecule has 7 nitrogen and oxygen atoms in total. The number of carbonyl (C=O) groups is 2. The molecule has 0 fully saturated rings. The first-order chi connectivity index (χ1) is 13.7. The zero-order chi connectivity index (χ0) is 21.3. The fourth-order valence-electron chi connectivity index (χ4n) is 2.92. The summed E-state index contributed by atoms with van der Waals surface area (Å²) in [7, 11) is 12.0. The predicted octanol–water partition coefficient (Wildman–Crippen LogP) is 4.26. The Kier molecular flexibility index (Phi) is 6.46. The van der Waals surface area contributed by atoms with Crippen LogP contribution >= 0.6 is 19.4 Å². The Morgan fingerprint density at radius 1 is 1.24 bits per heavy atom. The number of nitrogens with zero attached hydrogens (tertiary/aromatic N) is 2. The maximum absolute atomic E-state index is 13.2. The van der Waals surface area contributed by atoms with E-state index in [9.17, 15) is 19.7 Å². The molecule has 0 saturated carbocycles. The molecule has 1 aliphatic heterocycles. The second-order valence-corrected chi connectivity index (χ2v) is 12.3. The molecule has 0 N–H and O–H groups in total. The molecule has 0 saturated heterocycles. The van der Waals surface area contributed by atoms with E-state index in [1.54, 1.807) is 22.8 Å². The van der Waals surface area contributed by atoms with Gasteiger partial charge >= 0.3 is 180 Å². The molecule has 0 spiro atoms. The number of amides is 2. The maximum atomic E-state index is 13.2. The minimum atomic E-state index is -2.18. The van der Waals surface area contributed by atoms with Gasteiger partial charge in [-0.15, -0.1) is 0 Å². The van der Waals surface area contributed by atoms with Crippen LogP contribution in [0, 0.1) is 16.0 Å². The number of carbonyl (C=O) groups excluding carboxylic acids is 2. The van der Waals surface area contributed by atoms with Gasteiger partial charge in [-0.3, -0.25) is 0 Å². The van der Waals surface area contributed by atoms with Crippen molar-refractivity contribution >= 4 is 47.2 Å². The average Bonchev–Trinajstić information content (AvgIpc) is 2.66. The Morgan fingerprint density at radius 2 is 1.90 bits per heavy atom. The second-order valence-electron chi connectivity index (χ2n) is 6.57. The number of nitro benzene ring substituents is 1. The van der Waals surface area contributed by atoms with Gasteiger partial charge in [0, 0.05) is 0 Å². The normalized spacial score (nSPS) is 16.2. The van der Waals surface area contributed by atoms with Crippen molar-refractivity contribution in [2.45, 2.75) is 20.0 Å². The SMILES string of the molecule is CC(C)C1Oc2c([CH]=[Ru]([Cl])[Cl])cccc2N(C(=O)c2ccc([N+](=O)[O-])cc2)C1=O. The van der Waals surface area contributed by atoms with Gasteiger partial charge in [0.2, 0.25) is 0 Å². The first-order valence-electron chi connectivity index (χ1n) is 8.46. The third-order valence-electron chi connectivity index (χ3n) is 4.29. The standard InChI is InChI=1S/C19H16N2O5.2ClH.Ru/c1-11(2)16-19(23)20(15-6-4-5-12(3)17(15)26-16)18(22)13-7-9-14(10-8-13)21(24)25;;;/h3-11,16H,1-2H3;2*1H;/q;;;+2/p-2. The molecule has 2 amide bonds. The number of imide groups is 1. The van der Waals surface area contributed by atoms with E-state index in [0.717, 1.165) is 4.90 Å². The van der Waals surface area contributed by atoms with Gasteiger partial charge in [-0.25, -0.2) is 0 Å². The zero-order valence-electron chi connectivity index (χ0n) is 15.3. The van der Waals surface area contributed by atoms with Crippen LogP contribution in [0.15, 0.2) is 42.5 Å². The van der Waals surface area contributed by atoms with E-state index in [0.29, 0.717) is 11.3 Å². The average molecular weight is 524 g/mol. The summed E-state index contributed by atoms with van der Waals surface area (Å²) in [6.07, 6.45) is -0.870. The van der Waals surface area contributed by atoms with Crippen LogP contribution in [-0.2, 0) is 18.3 Å². The summed E-state index contributed by atoms with van der Waals surface area (Å²) in [5.74, 6) is -0.931. The first kappa shape index (κ1) is 21.6. The topological polar surface area (TPSA) is 89.8 Å². The fraction of sp³-hybridized carbons (Fsp3) is 0.211. The van der Waals surface area contributed by atoms with Gasteiger partial charge in [0.1, 0.15) is 0 Å². The van der Waals surface area contributed by atoms with E-state index in [-0.39, 0.29) is 22.9 Å². The van der Waals surface area contributed by atoms with Gasteiger partial charge in [-0.1, -0.05) is 0 Å². The molecule has 0 aliphatic carbocycles. The van der Waals surface area contributed by atoms with Crippen LogP contribution in [0.1, 0.15) is 29.8 Å². The van der Waals surface area contributed by atoms with E-state index in [1.807, 2.05) is 13.8 Å². The number of halogens is 2. The molecule has 2 aromatic carbocycles. The number of nitro groups is 1. The van der Waals surface area contributed by atoms with Crippen LogP contribution in [0.25, 0.3) is 0 Å². The number of rotatable bonds is 4. The first-order valence-corrected chi connectivity index (χ1v) is 13.9. The van der Waals surface area contributed by atoms with Gasteiger partial charge in [-0.05, 0) is 0 Å². The van der Waals surface area contributed by atoms with Gasteiger partial charge in [0.25, 0.3) is 0 Å². The Balaban J connectivity index is 2.12. The number of hydrogen-bond acceptors (Lipinski definition) is 5. The molecule has 10 heteroatoms. The number of ether oxygens (including phenoxy) is 1. The van der Waals surface area contributed by atoms with Crippen LogP contribution in [0.2, 0.25) is 0 Å². The number of fused-ring (bicyclic) bond motifs is 1. The Bertz CT molecular complexity index is 1020. The molecule has 0 bridgehead atoms. The van der Waals surface area contributed by atoms with Crippen molar-refractivity contribution in [2.75, 3.05) is 4.90 Å². The minimum absolute atomic E-state index is 0.146. The van der Waals surface area contributed by atoms with Crippen molar-refractivity contribution in [3.05, 3.63) is 63.7 Å². The van der Waals surface area contributed by atoms with Crippen molar-refractivity contribution < 1.29 is 32.8 Å². The Hall–Kier alpha value is -2.15. The van der Waals surface area contributed by atoms with E-state index in [1.165, 1.54) is 24.3 Å². The molecule has 1 atom stereocenters. The molecule has 29 heavy (non-hydrogen) atoms. The van der Waals surface area contributed by atoms with Crippen LogP contribution in [-0.4, -0.2) is 27.5 Å². The van der Waals surface area contributed by atoms with Crippen LogP contribution in [0.3, 0.4) is 0 Å². The van der Waals surface area contributed by atoms with Crippen molar-refractivity contribution in [3.8, 4) is 5.75 Å². The van der Waals surface area contributed by atoms with Gasteiger partial charge in [-0.2, -0.15) is 0 Å². The number of benzene rings is 2. The molecule has 2 aromatic rings. The van der Waals surface area contributed by atoms with Crippen molar-refractivity contribution in [2.24, 2.45) is 5.92 Å². The number of non-ortho nitro benzene ring substituents is 1. The molecule has 154 valence electrons. The Labute approximate surface area is 179 Å². The van der Waals surface area contributed by atoms with Gasteiger partial charge in [0.15, 0.2) is 0 Å². The summed E-state index contributed by atoms with van der Waals surface area (Å²) < 4.78 is 7.63. The van der Waals surface area contributed by atoms with Crippen LogP contribution in [0.5, 0.6) is 5.75 Å². The van der Waals surface area contributed by atoms with Crippen LogP contribution < -0.4 is 9.64 Å². The summed E-state index contributed by atoms with van der Waals surface area (Å²) in [6, 6.07) is 10.1. The van der Waals surface area contributed by atoms with E-state index >= 15 is 0 Å². The number of anilines is 1. The molecule has 1 aliphatic rings. The summed E-state index contributed by atoms with van der Waals surface area (Å²) >= 11 is -2.18. The summed E-state index contributed by atoms with van der Waals surface area (Å²) in [6.45, 7) is 3.63. The third kappa shape index (κ3) is 4.40. The molecule has 1 heterocycles.